The third kappa shape index (κ3) is 4.12. The van der Waals surface area contributed by atoms with Crippen molar-refractivity contribution in [1.82, 2.24) is 14.8 Å². The second-order valence-corrected chi connectivity index (χ2v) is 7.00. The molecule has 21 heavy (non-hydrogen) atoms. The van der Waals surface area contributed by atoms with Crippen LogP contribution in [0.15, 0.2) is 28.4 Å². The maximum Gasteiger partial charge on any atom is 0.227 e. The van der Waals surface area contributed by atoms with Gasteiger partial charge in [-0.1, -0.05) is 6.07 Å². The third-order valence-corrected chi connectivity index (χ3v) is 5.23. The summed E-state index contributed by atoms with van der Waals surface area (Å²) in [7, 11) is 0. The Labute approximate surface area is 133 Å². The van der Waals surface area contributed by atoms with Gasteiger partial charge in [0.2, 0.25) is 5.91 Å². The number of hydrogen-bond acceptors (Lipinski definition) is 5. The summed E-state index contributed by atoms with van der Waals surface area (Å²) >= 11 is 3.30. The SMILES string of the molecule is O=C(Cc1cccs1)N1CCCN(Cc2cscn2)CC1. The summed E-state index contributed by atoms with van der Waals surface area (Å²) in [4.78, 5) is 22.3. The molecule has 1 saturated heterocycles. The van der Waals surface area contributed by atoms with Crippen LogP contribution in [0.2, 0.25) is 0 Å². The van der Waals surface area contributed by atoms with Crippen molar-refractivity contribution in [3.05, 3.63) is 39.0 Å². The van der Waals surface area contributed by atoms with Crippen molar-refractivity contribution in [3.8, 4) is 0 Å². The van der Waals surface area contributed by atoms with Gasteiger partial charge in [-0.05, 0) is 17.9 Å². The predicted octanol–water partition coefficient (Wildman–Crippen LogP) is 2.48. The third-order valence-electron chi connectivity index (χ3n) is 3.72. The van der Waals surface area contributed by atoms with Gasteiger partial charge in [-0.25, -0.2) is 4.98 Å². The zero-order valence-corrected chi connectivity index (χ0v) is 13.5. The van der Waals surface area contributed by atoms with Crippen LogP contribution < -0.4 is 0 Å². The van der Waals surface area contributed by atoms with E-state index in [1.165, 1.54) is 0 Å². The Hall–Kier alpha value is -1.24. The topological polar surface area (TPSA) is 36.4 Å². The molecule has 1 aliphatic rings. The Bertz CT molecular complexity index is 554. The molecule has 3 rings (SSSR count). The molecule has 0 aliphatic carbocycles. The first-order chi connectivity index (χ1) is 10.3. The fourth-order valence-corrected chi connectivity index (χ4v) is 3.84. The normalized spacial score (nSPS) is 16.9. The Morgan fingerprint density at radius 2 is 2.24 bits per heavy atom. The molecule has 4 nitrogen and oxygen atoms in total. The number of thiophene rings is 1. The van der Waals surface area contributed by atoms with Crippen LogP contribution in [0, 0.1) is 0 Å². The van der Waals surface area contributed by atoms with Crippen LogP contribution in [-0.4, -0.2) is 46.9 Å². The van der Waals surface area contributed by atoms with Crippen molar-refractivity contribution in [2.45, 2.75) is 19.4 Å². The molecule has 0 spiro atoms. The largest absolute Gasteiger partial charge is 0.341 e. The summed E-state index contributed by atoms with van der Waals surface area (Å²) in [6, 6.07) is 4.04. The molecule has 3 heterocycles. The molecule has 0 radical (unpaired) electrons. The van der Waals surface area contributed by atoms with E-state index in [2.05, 4.69) is 15.3 Å². The lowest BCUT2D eigenvalue weighted by Gasteiger charge is -2.21. The van der Waals surface area contributed by atoms with E-state index in [0.29, 0.717) is 6.42 Å². The van der Waals surface area contributed by atoms with Gasteiger partial charge in [-0.3, -0.25) is 9.69 Å². The van der Waals surface area contributed by atoms with Crippen molar-refractivity contribution in [2.75, 3.05) is 26.2 Å². The highest BCUT2D eigenvalue weighted by Crippen LogP contribution is 2.13. The quantitative estimate of drug-likeness (QED) is 0.868. The molecule has 6 heteroatoms. The van der Waals surface area contributed by atoms with E-state index in [9.17, 15) is 4.79 Å². The molecule has 1 fully saturated rings. The van der Waals surface area contributed by atoms with Gasteiger partial charge in [0.25, 0.3) is 0 Å². The molecule has 0 atom stereocenters. The second-order valence-electron chi connectivity index (χ2n) is 5.25. The highest BCUT2D eigenvalue weighted by molar-refractivity contribution is 7.10. The first kappa shape index (κ1) is 14.7. The smallest absolute Gasteiger partial charge is 0.227 e. The van der Waals surface area contributed by atoms with Gasteiger partial charge in [0.05, 0.1) is 17.6 Å². The summed E-state index contributed by atoms with van der Waals surface area (Å²) < 4.78 is 0. The number of carbonyl (C=O) groups excluding carboxylic acids is 1. The number of amides is 1. The Kier molecular flexibility index (Phi) is 5.00. The van der Waals surface area contributed by atoms with Crippen molar-refractivity contribution in [3.63, 3.8) is 0 Å². The molecule has 0 N–H and O–H groups in total. The molecule has 2 aromatic rings. The van der Waals surface area contributed by atoms with E-state index in [1.807, 2.05) is 27.9 Å². The Balaban J connectivity index is 1.51. The van der Waals surface area contributed by atoms with Gasteiger partial charge in [0, 0.05) is 43.0 Å². The lowest BCUT2D eigenvalue weighted by Crippen LogP contribution is -2.35. The minimum Gasteiger partial charge on any atom is -0.341 e. The lowest BCUT2D eigenvalue weighted by molar-refractivity contribution is -0.130. The number of thiazole rings is 1. The number of hydrogen-bond donors (Lipinski definition) is 0. The summed E-state index contributed by atoms with van der Waals surface area (Å²) in [6.07, 6.45) is 1.59. The van der Waals surface area contributed by atoms with Gasteiger partial charge in [-0.15, -0.1) is 22.7 Å². The van der Waals surface area contributed by atoms with E-state index in [4.69, 9.17) is 0 Å². The Morgan fingerprint density at radius 3 is 3.00 bits per heavy atom. The number of rotatable bonds is 4. The van der Waals surface area contributed by atoms with E-state index < -0.39 is 0 Å². The molecule has 0 bridgehead atoms. The van der Waals surface area contributed by atoms with E-state index >= 15 is 0 Å². The molecule has 0 unspecified atom stereocenters. The van der Waals surface area contributed by atoms with Crippen molar-refractivity contribution in [1.29, 1.82) is 0 Å². The zero-order valence-electron chi connectivity index (χ0n) is 11.9. The van der Waals surface area contributed by atoms with Crippen LogP contribution in [-0.2, 0) is 17.8 Å². The van der Waals surface area contributed by atoms with Crippen LogP contribution >= 0.6 is 22.7 Å². The summed E-state index contributed by atoms with van der Waals surface area (Å²) in [5.41, 5.74) is 3.02. The van der Waals surface area contributed by atoms with Gasteiger partial charge < -0.3 is 4.90 Å². The molecule has 112 valence electrons. The van der Waals surface area contributed by atoms with Gasteiger partial charge in [0.15, 0.2) is 0 Å². The zero-order chi connectivity index (χ0) is 14.5. The molecular weight excluding hydrogens is 302 g/mol. The van der Waals surface area contributed by atoms with Crippen LogP contribution in [0.5, 0.6) is 0 Å². The summed E-state index contributed by atoms with van der Waals surface area (Å²) in [6.45, 7) is 4.58. The fourth-order valence-electron chi connectivity index (χ4n) is 2.60. The summed E-state index contributed by atoms with van der Waals surface area (Å²) in [5.74, 6) is 0.257. The maximum atomic E-state index is 12.3. The minimum absolute atomic E-state index is 0.257. The molecule has 0 saturated carbocycles. The minimum atomic E-state index is 0.257. The summed E-state index contributed by atoms with van der Waals surface area (Å²) in [5, 5.41) is 4.13. The van der Waals surface area contributed by atoms with Crippen LogP contribution in [0.25, 0.3) is 0 Å². The number of carbonyl (C=O) groups is 1. The highest BCUT2D eigenvalue weighted by Gasteiger charge is 2.19. The average molecular weight is 321 g/mol. The van der Waals surface area contributed by atoms with E-state index in [0.717, 1.165) is 49.7 Å². The molecule has 2 aromatic heterocycles. The monoisotopic (exact) mass is 321 g/mol. The first-order valence-electron chi connectivity index (χ1n) is 7.21. The highest BCUT2D eigenvalue weighted by atomic mass is 32.1. The molecule has 1 aliphatic heterocycles. The number of nitrogens with zero attached hydrogens (tertiary/aromatic N) is 3. The lowest BCUT2D eigenvalue weighted by atomic mass is 10.3. The van der Waals surface area contributed by atoms with Crippen molar-refractivity contribution < 1.29 is 4.79 Å². The van der Waals surface area contributed by atoms with Crippen molar-refractivity contribution >= 4 is 28.6 Å². The van der Waals surface area contributed by atoms with Gasteiger partial charge in [0.1, 0.15) is 0 Å². The maximum absolute atomic E-state index is 12.3. The van der Waals surface area contributed by atoms with E-state index in [-0.39, 0.29) is 5.91 Å². The van der Waals surface area contributed by atoms with E-state index in [1.54, 1.807) is 22.7 Å². The van der Waals surface area contributed by atoms with Crippen molar-refractivity contribution in [2.24, 2.45) is 0 Å². The average Bonchev–Trinajstić information content (AvgIpc) is 3.11. The molecular formula is C15H19N3OS2. The fraction of sp³-hybridized carbons (Fsp3) is 0.467. The van der Waals surface area contributed by atoms with Crippen LogP contribution in [0.4, 0.5) is 0 Å². The predicted molar refractivity (Wildman–Crippen MR) is 86.6 cm³/mol. The van der Waals surface area contributed by atoms with Crippen LogP contribution in [0.3, 0.4) is 0 Å². The van der Waals surface area contributed by atoms with Crippen LogP contribution in [0.1, 0.15) is 17.0 Å². The standard InChI is InChI=1S/C15H19N3OS2/c19-15(9-14-3-1-8-21-14)18-5-2-4-17(6-7-18)10-13-11-20-12-16-13/h1,3,8,11-12H,2,4-7,9-10H2. The van der Waals surface area contributed by atoms with Gasteiger partial charge >= 0.3 is 0 Å². The molecule has 0 aromatic carbocycles. The molecule has 1 amide bonds. The van der Waals surface area contributed by atoms with Gasteiger partial charge in [-0.2, -0.15) is 0 Å². The first-order valence-corrected chi connectivity index (χ1v) is 9.03. The number of aromatic nitrogens is 1. The second kappa shape index (κ2) is 7.15. The Morgan fingerprint density at radius 1 is 1.29 bits per heavy atom.